The molecular weight excluding hydrogens is 232 g/mol. The number of carboxylic acid groups (broad SMARTS) is 1. The van der Waals surface area contributed by atoms with Crippen molar-refractivity contribution >= 4 is 12.0 Å². The van der Waals surface area contributed by atoms with E-state index in [4.69, 9.17) is 11.5 Å². The maximum atomic E-state index is 11.8. The Hall–Kier alpha value is -1.70. The zero-order valence-electron chi connectivity index (χ0n) is 10.9. The number of aliphatic carboxylic acids is 1. The molecule has 1 fully saturated rings. The van der Waals surface area contributed by atoms with Crippen LogP contribution < -0.4 is 10.6 Å². The summed E-state index contributed by atoms with van der Waals surface area (Å²) in [6.45, 7) is 3.43. The average molecular weight is 252 g/mol. The molecule has 1 aliphatic rings. The van der Waals surface area contributed by atoms with Gasteiger partial charge in [-0.15, -0.1) is 6.42 Å². The van der Waals surface area contributed by atoms with Crippen LogP contribution in [0.3, 0.4) is 0 Å². The Bertz CT molecular complexity index is 376. The summed E-state index contributed by atoms with van der Waals surface area (Å²) in [5.41, 5.74) is -1.37. The third-order valence-electron chi connectivity index (χ3n) is 3.22. The van der Waals surface area contributed by atoms with Crippen LogP contribution in [0.1, 0.15) is 46.0 Å². The zero-order valence-corrected chi connectivity index (χ0v) is 10.9. The second-order valence-corrected chi connectivity index (χ2v) is 5.41. The lowest BCUT2D eigenvalue weighted by molar-refractivity contribution is -0.138. The van der Waals surface area contributed by atoms with Gasteiger partial charge in [0.05, 0.1) is 17.5 Å². The molecule has 5 heteroatoms. The first-order chi connectivity index (χ1) is 8.29. The van der Waals surface area contributed by atoms with Crippen molar-refractivity contribution in [1.29, 1.82) is 0 Å². The molecule has 0 aromatic rings. The Morgan fingerprint density at radius 3 is 2.39 bits per heavy atom. The van der Waals surface area contributed by atoms with E-state index in [1.807, 2.05) is 0 Å². The molecule has 0 bridgehead atoms. The molecule has 0 unspecified atom stereocenters. The molecule has 1 rings (SSSR count). The standard InChI is InChI=1S/C13H20N2O3/c1-4-12(2,3)14-11(18)15-13(9-10(16)17)7-5-6-8-13/h1H,5-9H2,2-3H3,(H,16,17)(H2,14,15,18). The maximum absolute atomic E-state index is 11.8. The lowest BCUT2D eigenvalue weighted by Gasteiger charge is -2.30. The van der Waals surface area contributed by atoms with Crippen LogP contribution in [-0.2, 0) is 4.79 Å². The Balaban J connectivity index is 2.65. The first-order valence-corrected chi connectivity index (χ1v) is 6.08. The number of terminal acetylenes is 1. The SMILES string of the molecule is C#CC(C)(C)NC(=O)NC1(CC(=O)O)CCCC1. The lowest BCUT2D eigenvalue weighted by atomic mass is 9.93. The largest absolute Gasteiger partial charge is 0.481 e. The van der Waals surface area contributed by atoms with E-state index in [1.54, 1.807) is 13.8 Å². The molecule has 0 aliphatic heterocycles. The van der Waals surface area contributed by atoms with Gasteiger partial charge in [-0.1, -0.05) is 18.8 Å². The lowest BCUT2D eigenvalue weighted by Crippen LogP contribution is -2.55. The van der Waals surface area contributed by atoms with Crippen LogP contribution in [0.25, 0.3) is 0 Å². The van der Waals surface area contributed by atoms with E-state index in [0.29, 0.717) is 12.8 Å². The van der Waals surface area contributed by atoms with E-state index in [2.05, 4.69) is 16.6 Å². The van der Waals surface area contributed by atoms with Gasteiger partial charge in [-0.2, -0.15) is 0 Å². The average Bonchev–Trinajstić information content (AvgIpc) is 2.63. The zero-order chi connectivity index (χ0) is 13.8. The van der Waals surface area contributed by atoms with Crippen molar-refractivity contribution in [1.82, 2.24) is 10.6 Å². The first kappa shape index (κ1) is 14.4. The summed E-state index contributed by atoms with van der Waals surface area (Å²) in [7, 11) is 0. The van der Waals surface area contributed by atoms with Crippen molar-refractivity contribution in [3.05, 3.63) is 0 Å². The molecule has 0 aromatic carbocycles. The highest BCUT2D eigenvalue weighted by molar-refractivity contribution is 5.78. The van der Waals surface area contributed by atoms with Crippen molar-refractivity contribution in [2.45, 2.75) is 57.0 Å². The molecular formula is C13H20N2O3. The van der Waals surface area contributed by atoms with E-state index in [0.717, 1.165) is 12.8 Å². The summed E-state index contributed by atoms with van der Waals surface area (Å²) in [4.78, 5) is 22.7. The summed E-state index contributed by atoms with van der Waals surface area (Å²) in [5, 5.41) is 14.4. The predicted molar refractivity (Wildman–Crippen MR) is 68.0 cm³/mol. The number of carbonyl (C=O) groups is 2. The fraction of sp³-hybridized carbons (Fsp3) is 0.692. The fourth-order valence-corrected chi connectivity index (χ4v) is 2.28. The fourth-order valence-electron chi connectivity index (χ4n) is 2.28. The van der Waals surface area contributed by atoms with Crippen LogP contribution in [0.4, 0.5) is 4.79 Å². The normalized spacial score (nSPS) is 17.8. The Labute approximate surface area is 107 Å². The number of nitrogens with one attached hydrogen (secondary N) is 2. The molecule has 0 spiro atoms. The summed E-state index contributed by atoms with van der Waals surface area (Å²) in [6.07, 6.45) is 8.51. The van der Waals surface area contributed by atoms with E-state index in [-0.39, 0.29) is 6.42 Å². The molecule has 0 heterocycles. The number of hydrogen-bond donors (Lipinski definition) is 3. The second kappa shape index (κ2) is 5.30. The summed E-state index contributed by atoms with van der Waals surface area (Å²) in [6, 6.07) is -0.402. The van der Waals surface area contributed by atoms with Gasteiger partial charge in [-0.3, -0.25) is 4.79 Å². The number of hydrogen-bond acceptors (Lipinski definition) is 2. The number of carboxylic acids is 1. The van der Waals surface area contributed by atoms with Gasteiger partial charge in [0.15, 0.2) is 0 Å². The smallest absolute Gasteiger partial charge is 0.316 e. The quantitative estimate of drug-likeness (QED) is 0.663. The summed E-state index contributed by atoms with van der Waals surface area (Å²) < 4.78 is 0. The first-order valence-electron chi connectivity index (χ1n) is 6.08. The molecule has 2 amide bonds. The van der Waals surface area contributed by atoms with E-state index >= 15 is 0 Å². The molecule has 0 saturated heterocycles. The molecule has 5 nitrogen and oxygen atoms in total. The third kappa shape index (κ3) is 3.95. The Morgan fingerprint density at radius 2 is 1.94 bits per heavy atom. The van der Waals surface area contributed by atoms with Gasteiger partial charge >= 0.3 is 12.0 Å². The molecule has 0 radical (unpaired) electrons. The Kier molecular flexibility index (Phi) is 4.23. The van der Waals surface area contributed by atoms with E-state index < -0.39 is 23.1 Å². The van der Waals surface area contributed by atoms with Crippen LogP contribution >= 0.6 is 0 Å². The van der Waals surface area contributed by atoms with Gasteiger partial charge in [0, 0.05) is 0 Å². The summed E-state index contributed by atoms with van der Waals surface area (Å²) >= 11 is 0. The highest BCUT2D eigenvalue weighted by Crippen LogP contribution is 2.32. The minimum Gasteiger partial charge on any atom is -0.481 e. The number of rotatable bonds is 4. The number of amides is 2. The van der Waals surface area contributed by atoms with Crippen LogP contribution in [0.2, 0.25) is 0 Å². The number of urea groups is 1. The molecule has 3 N–H and O–H groups in total. The third-order valence-corrected chi connectivity index (χ3v) is 3.22. The van der Waals surface area contributed by atoms with E-state index in [1.165, 1.54) is 0 Å². The van der Waals surface area contributed by atoms with Crippen LogP contribution in [0.15, 0.2) is 0 Å². The molecule has 100 valence electrons. The molecule has 1 saturated carbocycles. The van der Waals surface area contributed by atoms with Crippen LogP contribution in [0, 0.1) is 12.3 Å². The maximum Gasteiger partial charge on any atom is 0.316 e. The van der Waals surface area contributed by atoms with Crippen LogP contribution in [-0.4, -0.2) is 28.2 Å². The van der Waals surface area contributed by atoms with Crippen molar-refractivity contribution in [2.24, 2.45) is 0 Å². The molecule has 0 aromatic heterocycles. The Morgan fingerprint density at radius 1 is 1.39 bits per heavy atom. The van der Waals surface area contributed by atoms with Crippen LogP contribution in [0.5, 0.6) is 0 Å². The highest BCUT2D eigenvalue weighted by Gasteiger charge is 2.38. The molecule has 1 aliphatic carbocycles. The van der Waals surface area contributed by atoms with Gasteiger partial charge in [0.25, 0.3) is 0 Å². The van der Waals surface area contributed by atoms with Gasteiger partial charge in [-0.25, -0.2) is 4.79 Å². The minimum absolute atomic E-state index is 0.0447. The topological polar surface area (TPSA) is 78.4 Å². The van der Waals surface area contributed by atoms with Gasteiger partial charge < -0.3 is 15.7 Å². The van der Waals surface area contributed by atoms with Gasteiger partial charge in [-0.05, 0) is 26.7 Å². The van der Waals surface area contributed by atoms with E-state index in [9.17, 15) is 9.59 Å². The summed E-state index contributed by atoms with van der Waals surface area (Å²) in [5.74, 6) is 1.57. The van der Waals surface area contributed by atoms with Crippen molar-refractivity contribution < 1.29 is 14.7 Å². The van der Waals surface area contributed by atoms with Gasteiger partial charge in [0.1, 0.15) is 0 Å². The number of carbonyl (C=O) groups excluding carboxylic acids is 1. The van der Waals surface area contributed by atoms with Crippen molar-refractivity contribution in [2.75, 3.05) is 0 Å². The molecule has 0 atom stereocenters. The van der Waals surface area contributed by atoms with Crippen molar-refractivity contribution in [3.63, 3.8) is 0 Å². The minimum atomic E-state index is -0.895. The molecule has 18 heavy (non-hydrogen) atoms. The second-order valence-electron chi connectivity index (χ2n) is 5.41. The van der Waals surface area contributed by atoms with Crippen molar-refractivity contribution in [3.8, 4) is 12.3 Å². The highest BCUT2D eigenvalue weighted by atomic mass is 16.4. The monoisotopic (exact) mass is 252 g/mol. The predicted octanol–water partition coefficient (Wildman–Crippen LogP) is 1.48. The van der Waals surface area contributed by atoms with Gasteiger partial charge in [0.2, 0.25) is 0 Å².